The summed E-state index contributed by atoms with van der Waals surface area (Å²) in [5, 5.41) is 2.73. The van der Waals surface area contributed by atoms with Gasteiger partial charge in [-0.25, -0.2) is 0 Å². The van der Waals surface area contributed by atoms with E-state index in [-0.39, 0.29) is 29.7 Å². The van der Waals surface area contributed by atoms with Gasteiger partial charge in [-0.2, -0.15) is 0 Å². The summed E-state index contributed by atoms with van der Waals surface area (Å²) in [5.74, 6) is -1.48. The van der Waals surface area contributed by atoms with Crippen LogP contribution < -0.4 is 10.9 Å². The zero-order valence-electron chi connectivity index (χ0n) is 13.5. The van der Waals surface area contributed by atoms with Crippen LogP contribution in [0.3, 0.4) is 0 Å². The number of nitrogens with zero attached hydrogens (tertiary/aromatic N) is 1. The van der Waals surface area contributed by atoms with Gasteiger partial charge in [0.25, 0.3) is 5.56 Å². The van der Waals surface area contributed by atoms with Crippen molar-refractivity contribution in [1.29, 1.82) is 0 Å². The van der Waals surface area contributed by atoms with Crippen molar-refractivity contribution in [3.63, 3.8) is 0 Å². The van der Waals surface area contributed by atoms with E-state index in [1.54, 1.807) is 37.3 Å². The summed E-state index contributed by atoms with van der Waals surface area (Å²) in [7, 11) is 0. The fraction of sp³-hybridized carbons (Fsp3) is 0.222. The molecule has 0 aliphatic carbocycles. The average molecular weight is 340 g/mol. The molecule has 7 nitrogen and oxygen atoms in total. The fourth-order valence-electron chi connectivity index (χ4n) is 2.60. The molecule has 1 aromatic carbocycles. The molecule has 7 heteroatoms. The van der Waals surface area contributed by atoms with Crippen molar-refractivity contribution in [2.45, 2.75) is 19.4 Å². The van der Waals surface area contributed by atoms with Crippen LogP contribution in [0.15, 0.2) is 47.4 Å². The number of hydrogen-bond donors (Lipinski definition) is 1. The summed E-state index contributed by atoms with van der Waals surface area (Å²) in [4.78, 5) is 47.2. The standard InChI is InChI=1S/C18H16N2O5/c1-11-13-8-12(5-6-14(13)19-18(11)24)15(21)10-25-17(23)9-20-7-3-2-4-16(20)22/h2-8,11H,9-10H2,1H3,(H,19,24)/t11-/m0/s1. The third kappa shape index (κ3) is 3.50. The van der Waals surface area contributed by atoms with Gasteiger partial charge >= 0.3 is 5.97 Å². The van der Waals surface area contributed by atoms with Crippen LogP contribution >= 0.6 is 0 Å². The highest BCUT2D eigenvalue weighted by Gasteiger charge is 2.27. The highest BCUT2D eigenvalue weighted by molar-refractivity contribution is 6.05. The van der Waals surface area contributed by atoms with Gasteiger partial charge in [-0.3, -0.25) is 19.2 Å². The quantitative estimate of drug-likeness (QED) is 0.654. The van der Waals surface area contributed by atoms with E-state index in [2.05, 4.69) is 5.32 Å². The van der Waals surface area contributed by atoms with Crippen LogP contribution in [0.4, 0.5) is 5.69 Å². The van der Waals surface area contributed by atoms with E-state index in [1.165, 1.54) is 16.8 Å². The molecule has 0 saturated carbocycles. The Morgan fingerprint density at radius 3 is 2.76 bits per heavy atom. The molecule has 2 aromatic rings. The molecule has 1 amide bonds. The molecule has 1 atom stereocenters. The topological polar surface area (TPSA) is 94.5 Å². The molecule has 1 N–H and O–H groups in total. The molecule has 0 saturated heterocycles. The Hall–Kier alpha value is -3.22. The summed E-state index contributed by atoms with van der Waals surface area (Å²) in [6, 6.07) is 9.41. The van der Waals surface area contributed by atoms with Crippen molar-refractivity contribution in [2.24, 2.45) is 0 Å². The summed E-state index contributed by atoms with van der Waals surface area (Å²) < 4.78 is 6.15. The Morgan fingerprint density at radius 2 is 2.00 bits per heavy atom. The predicted molar refractivity (Wildman–Crippen MR) is 89.5 cm³/mol. The number of Topliss-reactive ketones (excluding diaryl/α,β-unsaturated/α-hetero) is 1. The molecule has 0 radical (unpaired) electrons. The van der Waals surface area contributed by atoms with Crippen molar-refractivity contribution in [1.82, 2.24) is 4.57 Å². The van der Waals surface area contributed by atoms with Gasteiger partial charge in [-0.15, -0.1) is 0 Å². The largest absolute Gasteiger partial charge is 0.456 e. The summed E-state index contributed by atoms with van der Waals surface area (Å²) >= 11 is 0. The van der Waals surface area contributed by atoms with Crippen molar-refractivity contribution >= 4 is 23.3 Å². The molecule has 0 bridgehead atoms. The Morgan fingerprint density at radius 1 is 1.20 bits per heavy atom. The van der Waals surface area contributed by atoms with E-state index in [0.717, 1.165) is 5.56 Å². The monoisotopic (exact) mass is 340 g/mol. The van der Waals surface area contributed by atoms with Crippen LogP contribution in [0.2, 0.25) is 0 Å². The van der Waals surface area contributed by atoms with Gasteiger partial charge < -0.3 is 14.6 Å². The molecule has 0 fully saturated rings. The first-order valence-electron chi connectivity index (χ1n) is 7.75. The summed E-state index contributed by atoms with van der Waals surface area (Å²) in [6.07, 6.45) is 1.47. The lowest BCUT2D eigenvalue weighted by Gasteiger charge is -2.08. The average Bonchev–Trinajstić information content (AvgIpc) is 2.89. The van der Waals surface area contributed by atoms with Gasteiger partial charge in [0.2, 0.25) is 5.91 Å². The SMILES string of the molecule is C[C@@H]1C(=O)Nc2ccc(C(=O)COC(=O)Cn3ccccc3=O)cc21. The molecule has 0 unspecified atom stereocenters. The van der Waals surface area contributed by atoms with Crippen LogP contribution in [-0.2, 0) is 20.9 Å². The van der Waals surface area contributed by atoms with E-state index in [0.29, 0.717) is 11.3 Å². The normalized spacial score (nSPS) is 15.4. The Bertz CT molecular complexity index is 916. The number of hydrogen-bond acceptors (Lipinski definition) is 5. The molecule has 2 heterocycles. The lowest BCUT2D eigenvalue weighted by molar-refractivity contribution is -0.143. The molecule has 0 spiro atoms. The molecular formula is C18H16N2O5. The first-order valence-corrected chi connectivity index (χ1v) is 7.75. The minimum atomic E-state index is -0.673. The second kappa shape index (κ2) is 6.72. The van der Waals surface area contributed by atoms with Gasteiger partial charge in [0.1, 0.15) is 6.54 Å². The fourth-order valence-corrected chi connectivity index (χ4v) is 2.60. The number of rotatable bonds is 5. The second-order valence-electron chi connectivity index (χ2n) is 5.76. The maximum absolute atomic E-state index is 12.2. The number of fused-ring (bicyclic) bond motifs is 1. The van der Waals surface area contributed by atoms with Crippen LogP contribution in [-0.4, -0.2) is 28.8 Å². The maximum atomic E-state index is 12.2. The highest BCUT2D eigenvalue weighted by atomic mass is 16.5. The molecule has 1 aromatic heterocycles. The van der Waals surface area contributed by atoms with E-state index in [4.69, 9.17) is 4.74 Å². The zero-order valence-corrected chi connectivity index (χ0v) is 13.5. The smallest absolute Gasteiger partial charge is 0.326 e. The van der Waals surface area contributed by atoms with Gasteiger partial charge in [-0.1, -0.05) is 6.07 Å². The minimum Gasteiger partial charge on any atom is -0.456 e. The lowest BCUT2D eigenvalue weighted by Crippen LogP contribution is -2.25. The van der Waals surface area contributed by atoms with Gasteiger partial charge in [0.15, 0.2) is 12.4 Å². The number of anilines is 1. The Labute approximate surface area is 143 Å². The molecule has 128 valence electrons. The number of nitrogens with one attached hydrogen (secondary N) is 1. The predicted octanol–water partition coefficient (Wildman–Crippen LogP) is 1.33. The third-order valence-corrected chi connectivity index (χ3v) is 4.05. The van der Waals surface area contributed by atoms with Crippen molar-refractivity contribution in [3.05, 3.63) is 64.1 Å². The van der Waals surface area contributed by atoms with E-state index >= 15 is 0 Å². The van der Waals surface area contributed by atoms with Crippen molar-refractivity contribution < 1.29 is 19.1 Å². The Balaban J connectivity index is 1.62. The summed E-state index contributed by atoms with van der Waals surface area (Å²) in [6.45, 7) is 1.08. The number of carbonyl (C=O) groups excluding carboxylic acids is 3. The van der Waals surface area contributed by atoms with Crippen LogP contribution in [0.5, 0.6) is 0 Å². The van der Waals surface area contributed by atoms with Crippen molar-refractivity contribution in [2.75, 3.05) is 11.9 Å². The highest BCUT2D eigenvalue weighted by Crippen LogP contribution is 2.32. The number of esters is 1. The minimum absolute atomic E-state index is 0.112. The number of ketones is 1. The van der Waals surface area contributed by atoms with Gasteiger partial charge in [0, 0.05) is 23.5 Å². The van der Waals surface area contributed by atoms with E-state index in [1.807, 2.05) is 0 Å². The first kappa shape index (κ1) is 16.6. The molecule has 1 aliphatic rings. The second-order valence-corrected chi connectivity index (χ2v) is 5.76. The summed E-state index contributed by atoms with van der Waals surface area (Å²) in [5.41, 5.74) is 1.48. The first-order chi connectivity index (χ1) is 12.0. The molecule has 3 rings (SSSR count). The van der Waals surface area contributed by atoms with E-state index in [9.17, 15) is 19.2 Å². The van der Waals surface area contributed by atoms with Gasteiger partial charge in [-0.05, 0) is 36.8 Å². The Kier molecular flexibility index (Phi) is 4.47. The number of amides is 1. The zero-order chi connectivity index (χ0) is 18.0. The van der Waals surface area contributed by atoms with Gasteiger partial charge in [0.05, 0.1) is 5.92 Å². The van der Waals surface area contributed by atoms with Crippen LogP contribution in [0.25, 0.3) is 0 Å². The number of pyridine rings is 1. The number of ether oxygens (including phenoxy) is 1. The third-order valence-electron chi connectivity index (χ3n) is 4.05. The van der Waals surface area contributed by atoms with Crippen LogP contribution in [0, 0.1) is 0 Å². The van der Waals surface area contributed by atoms with Crippen molar-refractivity contribution in [3.8, 4) is 0 Å². The number of carbonyl (C=O) groups is 3. The number of aromatic nitrogens is 1. The lowest BCUT2D eigenvalue weighted by atomic mass is 9.99. The van der Waals surface area contributed by atoms with E-state index < -0.39 is 12.6 Å². The maximum Gasteiger partial charge on any atom is 0.326 e. The molecule has 1 aliphatic heterocycles. The number of benzene rings is 1. The molecular weight excluding hydrogens is 324 g/mol. The molecule has 25 heavy (non-hydrogen) atoms. The van der Waals surface area contributed by atoms with Crippen LogP contribution in [0.1, 0.15) is 28.8 Å².